The fourth-order valence-electron chi connectivity index (χ4n) is 5.40. The van der Waals surface area contributed by atoms with Crippen LogP contribution in [0.25, 0.3) is 10.6 Å². The van der Waals surface area contributed by atoms with E-state index in [1.165, 1.54) is 35.4 Å². The van der Waals surface area contributed by atoms with Crippen molar-refractivity contribution in [2.45, 2.75) is 90.6 Å². The highest BCUT2D eigenvalue weighted by molar-refractivity contribution is 7.13. The second kappa shape index (κ2) is 11.7. The Hall–Kier alpha value is -3.05. The number of nitrogens with one attached hydrogen (secondary N) is 2. The normalized spacial score (nSPS) is 22.2. The fourth-order valence-corrected chi connectivity index (χ4v) is 6.29. The first-order chi connectivity index (χ1) is 19.1. The monoisotopic (exact) mass is 587 g/mol. The molecule has 41 heavy (non-hydrogen) atoms. The van der Waals surface area contributed by atoms with Crippen LogP contribution in [0.4, 0.5) is 9.18 Å². The minimum absolute atomic E-state index is 0.00885. The highest BCUT2D eigenvalue weighted by Gasteiger charge is 2.50. The standard InChI is InChI=1S/C30H42FN5O4S/c1-17(35(8)28(39)40-30(5,6)7)25(37)34-24(29(2,3)4)27(38)36-14-13-21-23(36)20(15-32-21)22-16-41-26(33-22)18-9-11-19(31)12-10-18/h9-12,16-17,20-21,23-24,32H,13-15H2,1-8H3,(H,34,37)/t17-,20+,21+,23+,24+/m0/s1. The van der Waals surface area contributed by atoms with Crippen molar-refractivity contribution in [1.29, 1.82) is 0 Å². The maximum atomic E-state index is 14.1. The summed E-state index contributed by atoms with van der Waals surface area (Å²) in [5, 5.41) is 9.35. The smallest absolute Gasteiger partial charge is 0.410 e. The lowest BCUT2D eigenvalue weighted by Gasteiger charge is -2.38. The molecule has 224 valence electrons. The molecule has 2 saturated heterocycles. The van der Waals surface area contributed by atoms with Gasteiger partial charge in [0.2, 0.25) is 11.8 Å². The van der Waals surface area contributed by atoms with Gasteiger partial charge in [0.15, 0.2) is 0 Å². The number of hydrogen-bond acceptors (Lipinski definition) is 7. The molecule has 2 aliphatic heterocycles. The third-order valence-corrected chi connectivity index (χ3v) is 8.69. The first-order valence-corrected chi connectivity index (χ1v) is 15.0. The zero-order valence-electron chi connectivity index (χ0n) is 25.2. The van der Waals surface area contributed by atoms with E-state index in [1.54, 1.807) is 39.8 Å². The van der Waals surface area contributed by atoms with E-state index in [4.69, 9.17) is 9.72 Å². The Morgan fingerprint density at radius 1 is 1.17 bits per heavy atom. The Labute approximate surface area is 245 Å². The first kappa shape index (κ1) is 30.9. The molecule has 2 fully saturated rings. The van der Waals surface area contributed by atoms with Crippen LogP contribution < -0.4 is 10.6 Å². The number of ether oxygens (including phenoxy) is 1. The molecule has 1 aromatic heterocycles. The highest BCUT2D eigenvalue weighted by atomic mass is 32.1. The van der Waals surface area contributed by atoms with E-state index in [9.17, 15) is 18.8 Å². The third-order valence-electron chi connectivity index (χ3n) is 7.78. The quantitative estimate of drug-likeness (QED) is 0.520. The van der Waals surface area contributed by atoms with E-state index in [1.807, 2.05) is 31.1 Å². The Kier molecular flexibility index (Phi) is 8.80. The van der Waals surface area contributed by atoms with Crippen molar-refractivity contribution < 1.29 is 23.5 Å². The van der Waals surface area contributed by atoms with Gasteiger partial charge in [0.1, 0.15) is 28.5 Å². The molecule has 0 radical (unpaired) electrons. The van der Waals surface area contributed by atoms with Crippen LogP contribution in [0, 0.1) is 11.2 Å². The molecule has 2 N–H and O–H groups in total. The van der Waals surface area contributed by atoms with Crippen LogP contribution in [-0.2, 0) is 14.3 Å². The second-order valence-corrected chi connectivity index (χ2v) is 13.9. The zero-order valence-corrected chi connectivity index (χ0v) is 26.0. The highest BCUT2D eigenvalue weighted by Crippen LogP contribution is 2.39. The van der Waals surface area contributed by atoms with Gasteiger partial charge < -0.3 is 20.3 Å². The van der Waals surface area contributed by atoms with Crippen LogP contribution in [0.3, 0.4) is 0 Å². The molecule has 0 aliphatic carbocycles. The predicted octanol–water partition coefficient (Wildman–Crippen LogP) is 4.39. The number of likely N-dealkylation sites (tertiary alicyclic amines) is 1. The van der Waals surface area contributed by atoms with Gasteiger partial charge >= 0.3 is 6.09 Å². The molecule has 1 aromatic carbocycles. The summed E-state index contributed by atoms with van der Waals surface area (Å²) >= 11 is 1.51. The number of rotatable bonds is 6. The summed E-state index contributed by atoms with van der Waals surface area (Å²) in [5.74, 6) is -0.870. The van der Waals surface area contributed by atoms with Crippen LogP contribution in [-0.4, -0.2) is 82.6 Å². The van der Waals surface area contributed by atoms with Crippen molar-refractivity contribution in [3.63, 3.8) is 0 Å². The van der Waals surface area contributed by atoms with E-state index in [2.05, 4.69) is 10.6 Å². The van der Waals surface area contributed by atoms with Gasteiger partial charge in [-0.3, -0.25) is 14.5 Å². The Morgan fingerprint density at radius 3 is 2.44 bits per heavy atom. The molecule has 9 nitrogen and oxygen atoms in total. The SMILES string of the molecule is C[C@@H](C(=O)N[C@H](C(=O)N1CC[C@H]2NC[C@H](c3csc(-c4ccc(F)cc4)n3)[C@H]21)C(C)(C)C)N(C)C(=O)OC(C)(C)C. The van der Waals surface area contributed by atoms with Crippen molar-refractivity contribution in [3.05, 3.63) is 41.2 Å². The van der Waals surface area contributed by atoms with Crippen molar-refractivity contribution in [2.24, 2.45) is 5.41 Å². The van der Waals surface area contributed by atoms with Gasteiger partial charge in [0.25, 0.3) is 0 Å². The van der Waals surface area contributed by atoms with E-state index < -0.39 is 35.1 Å². The van der Waals surface area contributed by atoms with Gasteiger partial charge in [-0.25, -0.2) is 14.2 Å². The number of carbonyl (C=O) groups excluding carboxylic acids is 3. The number of benzene rings is 1. The van der Waals surface area contributed by atoms with Crippen LogP contribution >= 0.6 is 11.3 Å². The lowest BCUT2D eigenvalue weighted by molar-refractivity contribution is -0.141. The zero-order chi connectivity index (χ0) is 30.3. The molecular formula is C30H42FN5O4S. The minimum atomic E-state index is -0.838. The molecule has 11 heteroatoms. The van der Waals surface area contributed by atoms with Gasteiger partial charge in [-0.05, 0) is 63.8 Å². The maximum Gasteiger partial charge on any atom is 0.410 e. The molecule has 0 unspecified atom stereocenters. The van der Waals surface area contributed by atoms with Gasteiger partial charge in [-0.2, -0.15) is 0 Å². The van der Waals surface area contributed by atoms with Gasteiger partial charge in [-0.15, -0.1) is 11.3 Å². The summed E-state index contributed by atoms with van der Waals surface area (Å²) in [5.41, 5.74) is 0.483. The summed E-state index contributed by atoms with van der Waals surface area (Å²) in [6.07, 6.45) is 0.203. The summed E-state index contributed by atoms with van der Waals surface area (Å²) in [6, 6.07) is 4.68. The molecule has 2 aliphatic rings. The Balaban J connectivity index is 1.51. The summed E-state index contributed by atoms with van der Waals surface area (Å²) in [4.78, 5) is 48.0. The summed E-state index contributed by atoms with van der Waals surface area (Å²) < 4.78 is 18.8. The number of fused-ring (bicyclic) bond motifs is 1. The Bertz CT molecular complexity index is 1270. The molecule has 0 bridgehead atoms. The second-order valence-electron chi connectivity index (χ2n) is 13.1. The molecule has 4 rings (SSSR count). The minimum Gasteiger partial charge on any atom is -0.444 e. The van der Waals surface area contributed by atoms with Crippen molar-refractivity contribution >= 4 is 29.2 Å². The van der Waals surface area contributed by atoms with Crippen LogP contribution in [0.15, 0.2) is 29.6 Å². The molecule has 3 heterocycles. The number of likely N-dealkylation sites (N-methyl/N-ethyl adjacent to an activating group) is 1. The number of carbonyl (C=O) groups is 3. The number of hydrogen-bond donors (Lipinski definition) is 2. The molecule has 2 aromatic rings. The number of nitrogens with zero attached hydrogens (tertiary/aromatic N) is 3. The average molecular weight is 588 g/mol. The maximum absolute atomic E-state index is 14.1. The fraction of sp³-hybridized carbons (Fsp3) is 0.600. The van der Waals surface area contributed by atoms with E-state index in [0.29, 0.717) is 13.1 Å². The van der Waals surface area contributed by atoms with Gasteiger partial charge in [0.05, 0.1) is 11.7 Å². The van der Waals surface area contributed by atoms with E-state index in [0.717, 1.165) is 22.7 Å². The first-order valence-electron chi connectivity index (χ1n) is 14.1. The molecule has 0 spiro atoms. The summed E-state index contributed by atoms with van der Waals surface area (Å²) in [6.45, 7) is 13.9. The lowest BCUT2D eigenvalue weighted by atomic mass is 9.85. The number of thiazole rings is 1. The largest absolute Gasteiger partial charge is 0.444 e. The van der Waals surface area contributed by atoms with Crippen molar-refractivity contribution in [2.75, 3.05) is 20.1 Å². The predicted molar refractivity (Wildman–Crippen MR) is 157 cm³/mol. The number of amides is 3. The van der Waals surface area contributed by atoms with Crippen LogP contribution in [0.1, 0.15) is 66.5 Å². The topological polar surface area (TPSA) is 104 Å². The van der Waals surface area contributed by atoms with E-state index >= 15 is 0 Å². The van der Waals surface area contributed by atoms with Crippen molar-refractivity contribution in [3.8, 4) is 10.6 Å². The molecule has 3 amide bonds. The molecule has 0 saturated carbocycles. The molecular weight excluding hydrogens is 545 g/mol. The van der Waals surface area contributed by atoms with Gasteiger partial charge in [0, 0.05) is 43.0 Å². The number of aromatic nitrogens is 1. The lowest BCUT2D eigenvalue weighted by Crippen LogP contribution is -2.59. The van der Waals surface area contributed by atoms with Crippen LogP contribution in [0.5, 0.6) is 0 Å². The third kappa shape index (κ3) is 6.89. The average Bonchev–Trinajstić information content (AvgIpc) is 3.61. The van der Waals surface area contributed by atoms with E-state index in [-0.39, 0.29) is 29.7 Å². The Morgan fingerprint density at radius 2 is 1.83 bits per heavy atom. The van der Waals surface area contributed by atoms with Crippen LogP contribution in [0.2, 0.25) is 0 Å². The van der Waals surface area contributed by atoms with Crippen molar-refractivity contribution in [1.82, 2.24) is 25.4 Å². The number of halogens is 1. The van der Waals surface area contributed by atoms with Gasteiger partial charge in [-0.1, -0.05) is 20.8 Å². The molecule has 5 atom stereocenters. The summed E-state index contributed by atoms with van der Waals surface area (Å²) in [7, 11) is 1.51.